The van der Waals surface area contributed by atoms with Crippen LogP contribution in [0.1, 0.15) is 50.2 Å². The van der Waals surface area contributed by atoms with Gasteiger partial charge in [0, 0.05) is 6.04 Å². The molecule has 0 radical (unpaired) electrons. The average Bonchev–Trinajstić information content (AvgIpc) is 2.57. The standard InChI is InChI=1S/C17H27N/c1-14-6-5-9-17(11-10-14)18-13-12-16-8-4-3-7-15(16)2/h3-4,7-8,14,17-18H,5-6,9-13H2,1-2H3. The van der Waals surface area contributed by atoms with E-state index in [1.807, 2.05) is 0 Å². The van der Waals surface area contributed by atoms with Gasteiger partial charge in [-0.3, -0.25) is 0 Å². The fourth-order valence-electron chi connectivity index (χ4n) is 2.99. The third-order valence-electron chi connectivity index (χ3n) is 4.35. The van der Waals surface area contributed by atoms with Crippen LogP contribution in [0.3, 0.4) is 0 Å². The molecule has 1 nitrogen and oxygen atoms in total. The highest BCUT2D eigenvalue weighted by molar-refractivity contribution is 5.25. The predicted molar refractivity (Wildman–Crippen MR) is 78.9 cm³/mol. The van der Waals surface area contributed by atoms with Crippen LogP contribution in [-0.2, 0) is 6.42 Å². The molecule has 1 aliphatic rings. The summed E-state index contributed by atoms with van der Waals surface area (Å²) in [6, 6.07) is 9.50. The second-order valence-corrected chi connectivity index (χ2v) is 5.94. The summed E-state index contributed by atoms with van der Waals surface area (Å²) >= 11 is 0. The Morgan fingerprint density at radius 2 is 1.94 bits per heavy atom. The Bertz CT molecular complexity index is 358. The largest absolute Gasteiger partial charge is 0.314 e. The first-order chi connectivity index (χ1) is 8.75. The van der Waals surface area contributed by atoms with Crippen LogP contribution in [0.5, 0.6) is 0 Å². The minimum absolute atomic E-state index is 0.763. The zero-order chi connectivity index (χ0) is 12.8. The van der Waals surface area contributed by atoms with Crippen molar-refractivity contribution in [3.8, 4) is 0 Å². The minimum atomic E-state index is 0.763. The summed E-state index contributed by atoms with van der Waals surface area (Å²) in [4.78, 5) is 0. The predicted octanol–water partition coefficient (Wildman–Crippen LogP) is 4.10. The Morgan fingerprint density at radius 3 is 2.78 bits per heavy atom. The second-order valence-electron chi connectivity index (χ2n) is 5.94. The highest BCUT2D eigenvalue weighted by Gasteiger charge is 2.15. The van der Waals surface area contributed by atoms with E-state index in [2.05, 4.69) is 43.4 Å². The van der Waals surface area contributed by atoms with Crippen molar-refractivity contribution in [1.82, 2.24) is 5.32 Å². The van der Waals surface area contributed by atoms with Crippen molar-refractivity contribution < 1.29 is 0 Å². The lowest BCUT2D eigenvalue weighted by Gasteiger charge is -2.16. The van der Waals surface area contributed by atoms with E-state index in [9.17, 15) is 0 Å². The summed E-state index contributed by atoms with van der Waals surface area (Å²) in [5.41, 5.74) is 2.92. The fourth-order valence-corrected chi connectivity index (χ4v) is 2.99. The molecule has 1 aliphatic carbocycles. The highest BCUT2D eigenvalue weighted by atomic mass is 14.9. The molecule has 0 saturated heterocycles. The van der Waals surface area contributed by atoms with Crippen LogP contribution in [-0.4, -0.2) is 12.6 Å². The van der Waals surface area contributed by atoms with Crippen LogP contribution in [0.4, 0.5) is 0 Å². The SMILES string of the molecule is Cc1ccccc1CCNC1CCCC(C)CC1. The molecule has 1 N–H and O–H groups in total. The fraction of sp³-hybridized carbons (Fsp3) is 0.647. The summed E-state index contributed by atoms with van der Waals surface area (Å²) in [5.74, 6) is 0.938. The van der Waals surface area contributed by atoms with Crippen molar-refractivity contribution in [2.24, 2.45) is 5.92 Å². The molecule has 0 amide bonds. The number of nitrogens with one attached hydrogen (secondary N) is 1. The lowest BCUT2D eigenvalue weighted by Crippen LogP contribution is -2.30. The van der Waals surface area contributed by atoms with Crippen molar-refractivity contribution in [3.05, 3.63) is 35.4 Å². The van der Waals surface area contributed by atoms with Crippen molar-refractivity contribution in [1.29, 1.82) is 0 Å². The summed E-state index contributed by atoms with van der Waals surface area (Å²) in [7, 11) is 0. The van der Waals surface area contributed by atoms with Crippen LogP contribution < -0.4 is 5.32 Å². The van der Waals surface area contributed by atoms with E-state index in [1.165, 1.54) is 49.7 Å². The van der Waals surface area contributed by atoms with E-state index < -0.39 is 0 Å². The monoisotopic (exact) mass is 245 g/mol. The molecule has 0 aliphatic heterocycles. The van der Waals surface area contributed by atoms with Gasteiger partial charge in [0.05, 0.1) is 0 Å². The number of hydrogen-bond donors (Lipinski definition) is 1. The van der Waals surface area contributed by atoms with Gasteiger partial charge in [-0.2, -0.15) is 0 Å². The van der Waals surface area contributed by atoms with Crippen LogP contribution in [0.2, 0.25) is 0 Å². The van der Waals surface area contributed by atoms with Gasteiger partial charge >= 0.3 is 0 Å². The van der Waals surface area contributed by atoms with Gasteiger partial charge in [-0.15, -0.1) is 0 Å². The maximum atomic E-state index is 3.76. The summed E-state index contributed by atoms with van der Waals surface area (Å²) in [5, 5.41) is 3.76. The number of benzene rings is 1. The zero-order valence-electron chi connectivity index (χ0n) is 11.9. The first-order valence-corrected chi connectivity index (χ1v) is 7.53. The smallest absolute Gasteiger partial charge is 0.00672 e. The lowest BCUT2D eigenvalue weighted by molar-refractivity contribution is 0.450. The molecule has 0 aromatic heterocycles. The Balaban J connectivity index is 1.73. The lowest BCUT2D eigenvalue weighted by atomic mass is 10.0. The Hall–Kier alpha value is -0.820. The molecule has 1 fully saturated rings. The summed E-state index contributed by atoms with van der Waals surface area (Å²) in [6.07, 6.45) is 8.15. The van der Waals surface area contributed by atoms with Gasteiger partial charge in [-0.1, -0.05) is 44.0 Å². The van der Waals surface area contributed by atoms with Crippen molar-refractivity contribution in [2.75, 3.05) is 6.54 Å². The van der Waals surface area contributed by atoms with Gasteiger partial charge in [-0.05, 0) is 56.2 Å². The molecule has 2 atom stereocenters. The molecular weight excluding hydrogens is 218 g/mol. The number of aryl methyl sites for hydroxylation is 1. The van der Waals surface area contributed by atoms with Gasteiger partial charge in [0.15, 0.2) is 0 Å². The molecule has 0 spiro atoms. The van der Waals surface area contributed by atoms with E-state index in [1.54, 1.807) is 0 Å². The molecule has 1 aromatic rings. The Labute approximate surface area is 112 Å². The van der Waals surface area contributed by atoms with Crippen molar-refractivity contribution in [3.63, 3.8) is 0 Å². The Kier molecular flexibility index (Phi) is 5.25. The van der Waals surface area contributed by atoms with Gasteiger partial charge in [0.25, 0.3) is 0 Å². The van der Waals surface area contributed by atoms with Gasteiger partial charge in [0.1, 0.15) is 0 Å². The number of hydrogen-bond acceptors (Lipinski definition) is 1. The summed E-state index contributed by atoms with van der Waals surface area (Å²) < 4.78 is 0. The third-order valence-corrected chi connectivity index (χ3v) is 4.35. The second kappa shape index (κ2) is 6.94. The van der Waals surface area contributed by atoms with E-state index in [0.717, 1.165) is 18.5 Å². The molecule has 18 heavy (non-hydrogen) atoms. The molecular formula is C17H27N. The molecule has 1 heteroatoms. The van der Waals surface area contributed by atoms with Gasteiger partial charge in [-0.25, -0.2) is 0 Å². The van der Waals surface area contributed by atoms with Crippen LogP contribution in [0, 0.1) is 12.8 Å². The molecule has 1 saturated carbocycles. The minimum Gasteiger partial charge on any atom is -0.314 e. The maximum Gasteiger partial charge on any atom is 0.00672 e. The normalized spacial score (nSPS) is 24.8. The van der Waals surface area contributed by atoms with Crippen LogP contribution >= 0.6 is 0 Å². The zero-order valence-corrected chi connectivity index (χ0v) is 11.9. The van der Waals surface area contributed by atoms with E-state index in [-0.39, 0.29) is 0 Å². The van der Waals surface area contributed by atoms with E-state index in [0.29, 0.717) is 0 Å². The topological polar surface area (TPSA) is 12.0 Å². The molecule has 0 bridgehead atoms. The molecule has 2 rings (SSSR count). The van der Waals surface area contributed by atoms with Gasteiger partial charge < -0.3 is 5.32 Å². The van der Waals surface area contributed by atoms with Crippen molar-refractivity contribution >= 4 is 0 Å². The first kappa shape index (κ1) is 13.6. The van der Waals surface area contributed by atoms with Gasteiger partial charge in [0.2, 0.25) is 0 Å². The third kappa shape index (κ3) is 4.13. The van der Waals surface area contributed by atoms with E-state index >= 15 is 0 Å². The van der Waals surface area contributed by atoms with Crippen LogP contribution in [0.25, 0.3) is 0 Å². The maximum absolute atomic E-state index is 3.76. The average molecular weight is 245 g/mol. The number of rotatable bonds is 4. The van der Waals surface area contributed by atoms with E-state index in [4.69, 9.17) is 0 Å². The molecule has 0 heterocycles. The molecule has 100 valence electrons. The van der Waals surface area contributed by atoms with Crippen molar-refractivity contribution in [2.45, 2.75) is 58.4 Å². The van der Waals surface area contributed by atoms with Crippen LogP contribution in [0.15, 0.2) is 24.3 Å². The first-order valence-electron chi connectivity index (χ1n) is 7.53. The summed E-state index contributed by atoms with van der Waals surface area (Å²) in [6.45, 7) is 5.74. The highest BCUT2D eigenvalue weighted by Crippen LogP contribution is 2.22. The quantitative estimate of drug-likeness (QED) is 0.788. The molecule has 2 unspecified atom stereocenters. The molecule has 1 aromatic carbocycles. The Morgan fingerprint density at radius 1 is 1.11 bits per heavy atom.